The lowest BCUT2D eigenvalue weighted by Crippen LogP contribution is -2.22. The standard InChI is InChI=1S/C18H20F2N4O3/c1-9-5-12(11-3-4-11)6-10(2)15(9)24-7-13(16(21)26)17(23-24)22-14(25)8-27-18(19)20/h5-7,11,18H,3-4,8H2,1-2H3,(H2,21,26)(H,22,23,25). The van der Waals surface area contributed by atoms with Gasteiger partial charge in [0.1, 0.15) is 12.2 Å². The van der Waals surface area contributed by atoms with Gasteiger partial charge in [-0.2, -0.15) is 8.78 Å². The molecule has 27 heavy (non-hydrogen) atoms. The summed E-state index contributed by atoms with van der Waals surface area (Å²) in [5.74, 6) is -1.16. The molecule has 1 heterocycles. The average molecular weight is 378 g/mol. The van der Waals surface area contributed by atoms with Crippen LogP contribution in [0.25, 0.3) is 5.69 Å². The second-order valence-corrected chi connectivity index (χ2v) is 6.60. The predicted molar refractivity (Wildman–Crippen MR) is 94.1 cm³/mol. The van der Waals surface area contributed by atoms with E-state index in [0.717, 1.165) is 16.8 Å². The van der Waals surface area contributed by atoms with Gasteiger partial charge in [0.05, 0.1) is 5.69 Å². The van der Waals surface area contributed by atoms with Gasteiger partial charge in [-0.3, -0.25) is 9.59 Å². The van der Waals surface area contributed by atoms with Crippen LogP contribution in [0.2, 0.25) is 0 Å². The van der Waals surface area contributed by atoms with Gasteiger partial charge >= 0.3 is 6.61 Å². The van der Waals surface area contributed by atoms with Crippen LogP contribution in [-0.4, -0.2) is 34.8 Å². The number of primary amides is 1. The van der Waals surface area contributed by atoms with Crippen LogP contribution >= 0.6 is 0 Å². The lowest BCUT2D eigenvalue weighted by atomic mass is 10.0. The number of aromatic nitrogens is 2. The van der Waals surface area contributed by atoms with Gasteiger partial charge in [0, 0.05) is 6.20 Å². The molecule has 0 atom stereocenters. The number of alkyl halides is 2. The number of carbonyl (C=O) groups excluding carboxylic acids is 2. The molecule has 1 fully saturated rings. The number of amides is 2. The molecule has 0 saturated heterocycles. The first-order valence-corrected chi connectivity index (χ1v) is 8.47. The minimum absolute atomic E-state index is 0.0227. The van der Waals surface area contributed by atoms with Crippen LogP contribution in [-0.2, 0) is 9.53 Å². The fourth-order valence-electron chi connectivity index (χ4n) is 3.07. The molecule has 7 nitrogen and oxygen atoms in total. The smallest absolute Gasteiger partial charge is 0.345 e. The molecule has 0 unspecified atom stereocenters. The largest absolute Gasteiger partial charge is 0.365 e. The third-order valence-electron chi connectivity index (χ3n) is 4.37. The van der Waals surface area contributed by atoms with Crippen LogP contribution < -0.4 is 11.1 Å². The van der Waals surface area contributed by atoms with Crippen molar-refractivity contribution in [3.05, 3.63) is 40.6 Å². The van der Waals surface area contributed by atoms with Gasteiger partial charge in [-0.15, -0.1) is 5.10 Å². The molecule has 2 amide bonds. The van der Waals surface area contributed by atoms with Crippen LogP contribution in [0.4, 0.5) is 14.6 Å². The van der Waals surface area contributed by atoms with Gasteiger partial charge in [0.15, 0.2) is 5.82 Å². The summed E-state index contributed by atoms with van der Waals surface area (Å²) in [6.07, 6.45) is 3.78. The number of nitrogens with two attached hydrogens (primary N) is 1. The van der Waals surface area contributed by atoms with E-state index >= 15 is 0 Å². The van der Waals surface area contributed by atoms with Crippen LogP contribution in [0.5, 0.6) is 0 Å². The molecule has 0 spiro atoms. The van der Waals surface area contributed by atoms with Crippen molar-refractivity contribution < 1.29 is 23.1 Å². The molecule has 144 valence electrons. The maximum Gasteiger partial charge on any atom is 0.345 e. The Morgan fingerprint density at radius 2 is 1.96 bits per heavy atom. The highest BCUT2D eigenvalue weighted by molar-refractivity contribution is 6.02. The molecular formula is C18H20F2N4O3. The zero-order chi connectivity index (χ0) is 19.7. The number of benzene rings is 1. The summed E-state index contributed by atoms with van der Waals surface area (Å²) in [5, 5.41) is 6.51. The number of ether oxygens (including phenoxy) is 1. The van der Waals surface area contributed by atoms with E-state index in [2.05, 4.69) is 27.3 Å². The number of anilines is 1. The lowest BCUT2D eigenvalue weighted by molar-refractivity contribution is -0.148. The minimum Gasteiger partial charge on any atom is -0.365 e. The number of aryl methyl sites for hydroxylation is 2. The van der Waals surface area contributed by atoms with E-state index in [1.165, 1.54) is 29.3 Å². The van der Waals surface area contributed by atoms with Crippen molar-refractivity contribution in [3.63, 3.8) is 0 Å². The lowest BCUT2D eigenvalue weighted by Gasteiger charge is -2.12. The van der Waals surface area contributed by atoms with Crippen molar-refractivity contribution in [2.45, 2.75) is 39.2 Å². The summed E-state index contributed by atoms with van der Waals surface area (Å²) >= 11 is 0. The number of hydrogen-bond acceptors (Lipinski definition) is 4. The zero-order valence-corrected chi connectivity index (χ0v) is 15.0. The Balaban J connectivity index is 1.91. The molecule has 0 aliphatic heterocycles. The van der Waals surface area contributed by atoms with Gasteiger partial charge < -0.3 is 15.8 Å². The number of carbonyl (C=O) groups is 2. The van der Waals surface area contributed by atoms with Crippen LogP contribution in [0.3, 0.4) is 0 Å². The first-order valence-electron chi connectivity index (χ1n) is 8.47. The molecule has 0 radical (unpaired) electrons. The maximum absolute atomic E-state index is 12.1. The SMILES string of the molecule is Cc1cc(C2CC2)cc(C)c1-n1cc(C(N)=O)c(NC(=O)COC(F)F)n1. The van der Waals surface area contributed by atoms with Crippen molar-refractivity contribution in [2.75, 3.05) is 11.9 Å². The molecule has 3 N–H and O–H groups in total. The Morgan fingerprint density at radius 3 is 2.48 bits per heavy atom. The predicted octanol–water partition coefficient (Wildman–Crippen LogP) is 2.64. The molecule has 1 aliphatic rings. The van der Waals surface area contributed by atoms with Crippen molar-refractivity contribution in [2.24, 2.45) is 5.73 Å². The van der Waals surface area contributed by atoms with Gasteiger partial charge in [-0.25, -0.2) is 4.68 Å². The van der Waals surface area contributed by atoms with Gasteiger partial charge in [0.2, 0.25) is 0 Å². The van der Waals surface area contributed by atoms with Gasteiger partial charge in [-0.05, 0) is 49.3 Å². The molecule has 2 aromatic rings. The number of nitrogens with one attached hydrogen (secondary N) is 1. The van der Waals surface area contributed by atoms with Crippen LogP contribution in [0.1, 0.15) is 45.8 Å². The number of hydrogen-bond donors (Lipinski definition) is 2. The summed E-state index contributed by atoms with van der Waals surface area (Å²) in [4.78, 5) is 23.4. The van der Waals surface area contributed by atoms with E-state index in [0.29, 0.717) is 5.92 Å². The maximum atomic E-state index is 12.1. The van der Waals surface area contributed by atoms with Crippen LogP contribution in [0.15, 0.2) is 18.3 Å². The summed E-state index contributed by atoms with van der Waals surface area (Å²) in [7, 11) is 0. The molecule has 0 bridgehead atoms. The molecule has 1 saturated carbocycles. The van der Waals surface area contributed by atoms with Crippen molar-refractivity contribution in [3.8, 4) is 5.69 Å². The van der Waals surface area contributed by atoms with Crippen LogP contribution in [0, 0.1) is 13.8 Å². The Hall–Kier alpha value is -2.81. The number of nitrogens with zero attached hydrogens (tertiary/aromatic N) is 2. The summed E-state index contributed by atoms with van der Waals surface area (Å²) in [5.41, 5.74) is 9.31. The van der Waals surface area contributed by atoms with Gasteiger partial charge in [-0.1, -0.05) is 12.1 Å². The summed E-state index contributed by atoms with van der Waals surface area (Å²) in [6, 6.07) is 4.17. The Kier molecular flexibility index (Phi) is 5.22. The van der Waals surface area contributed by atoms with E-state index in [-0.39, 0.29) is 11.4 Å². The topological polar surface area (TPSA) is 99.2 Å². The molecular weight excluding hydrogens is 358 g/mol. The van der Waals surface area contributed by atoms with E-state index < -0.39 is 25.0 Å². The highest BCUT2D eigenvalue weighted by Gasteiger charge is 2.25. The summed E-state index contributed by atoms with van der Waals surface area (Å²) < 4.78 is 29.5. The second kappa shape index (κ2) is 7.43. The average Bonchev–Trinajstić information content (AvgIpc) is 3.34. The normalized spacial score (nSPS) is 13.8. The third-order valence-corrected chi connectivity index (χ3v) is 4.37. The fourth-order valence-corrected chi connectivity index (χ4v) is 3.07. The van der Waals surface area contributed by atoms with Crippen molar-refractivity contribution >= 4 is 17.6 Å². The number of rotatable bonds is 7. The Morgan fingerprint density at radius 1 is 1.33 bits per heavy atom. The van der Waals surface area contributed by atoms with Crippen molar-refractivity contribution in [1.29, 1.82) is 0 Å². The fraction of sp³-hybridized carbons (Fsp3) is 0.389. The van der Waals surface area contributed by atoms with E-state index in [1.807, 2.05) is 13.8 Å². The molecule has 1 aromatic carbocycles. The molecule has 9 heteroatoms. The second-order valence-electron chi connectivity index (χ2n) is 6.60. The van der Waals surface area contributed by atoms with E-state index in [9.17, 15) is 18.4 Å². The molecule has 3 rings (SSSR count). The van der Waals surface area contributed by atoms with Crippen molar-refractivity contribution in [1.82, 2.24) is 9.78 Å². The molecule has 1 aliphatic carbocycles. The quantitative estimate of drug-likeness (QED) is 0.774. The minimum atomic E-state index is -3.07. The highest BCUT2D eigenvalue weighted by Crippen LogP contribution is 2.41. The first kappa shape index (κ1) is 19.0. The zero-order valence-electron chi connectivity index (χ0n) is 15.0. The van der Waals surface area contributed by atoms with E-state index in [4.69, 9.17) is 5.73 Å². The summed E-state index contributed by atoms with van der Waals surface area (Å²) in [6.45, 7) is -0.0563. The Bertz CT molecular complexity index is 868. The monoisotopic (exact) mass is 378 g/mol. The number of halogens is 2. The Labute approximate surface area is 154 Å². The molecule has 1 aromatic heterocycles. The first-order chi connectivity index (χ1) is 12.8. The van der Waals surface area contributed by atoms with E-state index in [1.54, 1.807) is 0 Å². The highest BCUT2D eigenvalue weighted by atomic mass is 19.3. The third kappa shape index (κ3) is 4.30. The van der Waals surface area contributed by atoms with Gasteiger partial charge in [0.25, 0.3) is 11.8 Å².